The van der Waals surface area contributed by atoms with Crippen LogP contribution in [0.4, 0.5) is 0 Å². The van der Waals surface area contributed by atoms with E-state index in [1.165, 1.54) is 22.3 Å². The number of H-pyrrole nitrogens is 1. The molecule has 0 unspecified atom stereocenters. The Hall–Kier alpha value is -2.59. The van der Waals surface area contributed by atoms with E-state index < -0.39 is 5.97 Å². The number of aliphatic carboxylic acids is 1. The zero-order valence-electron chi connectivity index (χ0n) is 15.4. The Kier molecular flexibility index (Phi) is 5.43. The number of aryl methyl sites for hydroxylation is 3. The molecule has 1 heterocycles. The summed E-state index contributed by atoms with van der Waals surface area (Å²) in [5.74, 6) is -0.806. The van der Waals surface area contributed by atoms with E-state index in [2.05, 4.69) is 37.0 Å². The highest BCUT2D eigenvalue weighted by Gasteiger charge is 2.15. The van der Waals surface area contributed by atoms with Gasteiger partial charge in [0.2, 0.25) is 0 Å². The molecule has 0 fully saturated rings. The molecular weight excluding hydrogens is 324 g/mol. The normalized spacial score (nSPS) is 11.2. The van der Waals surface area contributed by atoms with Crippen LogP contribution in [0.15, 0.2) is 36.4 Å². The van der Waals surface area contributed by atoms with E-state index in [9.17, 15) is 4.79 Å². The third kappa shape index (κ3) is 3.97. The second kappa shape index (κ2) is 7.75. The monoisotopic (exact) mass is 350 g/mol. The number of hydrogen-bond acceptors (Lipinski definition) is 2. The first-order valence-corrected chi connectivity index (χ1v) is 9.12. The van der Waals surface area contributed by atoms with Gasteiger partial charge in [0.05, 0.1) is 6.42 Å². The first kappa shape index (κ1) is 18.2. The fourth-order valence-corrected chi connectivity index (χ4v) is 3.65. The number of hydrogen-bond donors (Lipinski definition) is 3. The number of carboxylic acids is 1. The van der Waals surface area contributed by atoms with Crippen molar-refractivity contribution >= 4 is 16.9 Å². The molecule has 3 aromatic rings. The summed E-state index contributed by atoms with van der Waals surface area (Å²) >= 11 is 0. The topological polar surface area (TPSA) is 79.1 Å². The number of rotatable bonds is 7. The fraction of sp³-hybridized carbons (Fsp3) is 0.318. The molecule has 4 N–H and O–H groups in total. The Morgan fingerprint density at radius 2 is 1.81 bits per heavy atom. The zero-order chi connectivity index (χ0) is 18.7. The quantitative estimate of drug-likeness (QED) is 0.554. The minimum Gasteiger partial charge on any atom is -0.481 e. The maximum absolute atomic E-state index is 11.1. The van der Waals surface area contributed by atoms with Gasteiger partial charge < -0.3 is 15.8 Å². The number of carboxylic acid groups (broad SMARTS) is 1. The second-order valence-corrected chi connectivity index (χ2v) is 7.05. The van der Waals surface area contributed by atoms with Crippen molar-refractivity contribution in [1.82, 2.24) is 4.98 Å². The molecule has 136 valence electrons. The van der Waals surface area contributed by atoms with Crippen molar-refractivity contribution in [2.24, 2.45) is 5.73 Å². The van der Waals surface area contributed by atoms with Crippen LogP contribution in [0.5, 0.6) is 0 Å². The van der Waals surface area contributed by atoms with E-state index >= 15 is 0 Å². The smallest absolute Gasteiger partial charge is 0.307 e. The van der Waals surface area contributed by atoms with E-state index in [0.717, 1.165) is 41.4 Å². The lowest BCUT2D eigenvalue weighted by molar-refractivity contribution is -0.136. The second-order valence-electron chi connectivity index (χ2n) is 7.05. The number of nitrogens with one attached hydrogen (secondary N) is 1. The van der Waals surface area contributed by atoms with Crippen molar-refractivity contribution in [3.63, 3.8) is 0 Å². The van der Waals surface area contributed by atoms with Gasteiger partial charge in [-0.15, -0.1) is 0 Å². The van der Waals surface area contributed by atoms with Gasteiger partial charge >= 0.3 is 5.97 Å². The van der Waals surface area contributed by atoms with E-state index in [4.69, 9.17) is 10.8 Å². The summed E-state index contributed by atoms with van der Waals surface area (Å²) in [6, 6.07) is 12.5. The molecule has 0 bridgehead atoms. The predicted octanol–water partition coefficient (Wildman–Crippen LogP) is 4.36. The molecular formula is C22H26N2O2. The minimum absolute atomic E-state index is 0.0439. The van der Waals surface area contributed by atoms with Crippen LogP contribution in [0.2, 0.25) is 0 Å². The number of fused-ring (bicyclic) bond motifs is 1. The third-order valence-electron chi connectivity index (χ3n) is 4.72. The highest BCUT2D eigenvalue weighted by Crippen LogP contribution is 2.33. The van der Waals surface area contributed by atoms with Crippen molar-refractivity contribution in [1.29, 1.82) is 0 Å². The highest BCUT2D eigenvalue weighted by atomic mass is 16.4. The summed E-state index contributed by atoms with van der Waals surface area (Å²) in [7, 11) is 0. The Bertz CT molecular complexity index is 920. The standard InChI is InChI=1S/C22H26N2O2/c1-14-9-15(2)11-17(10-14)22-18(5-3-4-8-23)19-12-16(13-21(25)26)6-7-20(19)24-22/h6-7,9-12,24H,3-5,8,13,23H2,1-2H3,(H,25,26). The van der Waals surface area contributed by atoms with Crippen LogP contribution in [0, 0.1) is 13.8 Å². The number of aromatic nitrogens is 1. The van der Waals surface area contributed by atoms with Gasteiger partial charge in [-0.2, -0.15) is 0 Å². The van der Waals surface area contributed by atoms with Gasteiger partial charge in [0.1, 0.15) is 0 Å². The summed E-state index contributed by atoms with van der Waals surface area (Å²) in [5, 5.41) is 10.2. The van der Waals surface area contributed by atoms with Crippen molar-refractivity contribution in [2.45, 2.75) is 39.5 Å². The molecule has 0 aliphatic rings. The van der Waals surface area contributed by atoms with Gasteiger partial charge in [-0.1, -0.05) is 23.3 Å². The lowest BCUT2D eigenvalue weighted by atomic mass is 9.97. The summed E-state index contributed by atoms with van der Waals surface area (Å²) in [6.07, 6.45) is 2.97. The minimum atomic E-state index is -0.806. The van der Waals surface area contributed by atoms with E-state index in [1.54, 1.807) is 0 Å². The van der Waals surface area contributed by atoms with Crippen LogP contribution in [-0.2, 0) is 17.6 Å². The maximum Gasteiger partial charge on any atom is 0.307 e. The Balaban J connectivity index is 2.13. The van der Waals surface area contributed by atoms with Crippen molar-refractivity contribution in [3.8, 4) is 11.3 Å². The van der Waals surface area contributed by atoms with Crippen molar-refractivity contribution in [2.75, 3.05) is 6.54 Å². The van der Waals surface area contributed by atoms with Gasteiger partial charge in [-0.3, -0.25) is 4.79 Å². The van der Waals surface area contributed by atoms with Crippen LogP contribution in [0.1, 0.15) is 35.1 Å². The molecule has 26 heavy (non-hydrogen) atoms. The largest absolute Gasteiger partial charge is 0.481 e. The molecule has 2 aromatic carbocycles. The molecule has 0 aliphatic heterocycles. The van der Waals surface area contributed by atoms with Crippen molar-refractivity contribution in [3.05, 3.63) is 58.7 Å². The Morgan fingerprint density at radius 1 is 1.08 bits per heavy atom. The molecule has 0 radical (unpaired) electrons. The Morgan fingerprint density at radius 3 is 2.46 bits per heavy atom. The maximum atomic E-state index is 11.1. The van der Waals surface area contributed by atoms with Crippen LogP contribution in [0.25, 0.3) is 22.2 Å². The zero-order valence-corrected chi connectivity index (χ0v) is 15.4. The van der Waals surface area contributed by atoms with E-state index in [1.807, 2.05) is 18.2 Å². The number of unbranched alkanes of at least 4 members (excludes halogenated alkanes) is 1. The van der Waals surface area contributed by atoms with E-state index in [0.29, 0.717) is 6.54 Å². The summed E-state index contributed by atoms with van der Waals surface area (Å²) in [4.78, 5) is 14.6. The molecule has 0 aliphatic carbocycles. The average molecular weight is 350 g/mol. The van der Waals surface area contributed by atoms with Crippen LogP contribution >= 0.6 is 0 Å². The van der Waals surface area contributed by atoms with Crippen LogP contribution in [-0.4, -0.2) is 22.6 Å². The predicted molar refractivity (Wildman–Crippen MR) is 107 cm³/mol. The molecule has 3 rings (SSSR count). The lowest BCUT2D eigenvalue weighted by Gasteiger charge is -2.08. The highest BCUT2D eigenvalue weighted by molar-refractivity contribution is 5.92. The van der Waals surface area contributed by atoms with Gasteiger partial charge in [0, 0.05) is 16.6 Å². The first-order valence-electron chi connectivity index (χ1n) is 9.12. The third-order valence-corrected chi connectivity index (χ3v) is 4.72. The van der Waals surface area contributed by atoms with Crippen LogP contribution in [0.3, 0.4) is 0 Å². The SMILES string of the molecule is Cc1cc(C)cc(-c2[nH]c3ccc(CC(=O)O)cc3c2CCCCN)c1. The van der Waals surface area contributed by atoms with Gasteiger partial charge in [-0.05, 0) is 80.6 Å². The van der Waals surface area contributed by atoms with Gasteiger partial charge in [0.25, 0.3) is 0 Å². The summed E-state index contributed by atoms with van der Waals surface area (Å²) in [6.45, 7) is 4.90. The lowest BCUT2D eigenvalue weighted by Crippen LogP contribution is -2.00. The molecule has 1 aromatic heterocycles. The molecule has 0 spiro atoms. The average Bonchev–Trinajstić information content (AvgIpc) is 2.92. The molecule has 4 nitrogen and oxygen atoms in total. The number of nitrogens with two attached hydrogens (primary N) is 1. The van der Waals surface area contributed by atoms with Crippen molar-refractivity contribution < 1.29 is 9.90 Å². The molecule has 0 saturated carbocycles. The molecule has 0 atom stereocenters. The van der Waals surface area contributed by atoms with Crippen LogP contribution < -0.4 is 5.73 Å². The molecule has 4 heteroatoms. The summed E-state index contributed by atoms with van der Waals surface area (Å²) in [5.41, 5.74) is 13.6. The first-order chi connectivity index (χ1) is 12.5. The van der Waals surface area contributed by atoms with E-state index in [-0.39, 0.29) is 6.42 Å². The molecule has 0 amide bonds. The number of benzene rings is 2. The summed E-state index contributed by atoms with van der Waals surface area (Å²) < 4.78 is 0. The number of carbonyl (C=O) groups is 1. The Labute approximate surface area is 154 Å². The van der Waals surface area contributed by atoms with Gasteiger partial charge in [-0.25, -0.2) is 0 Å². The fourth-order valence-electron chi connectivity index (χ4n) is 3.65. The number of aromatic amines is 1. The molecule has 0 saturated heterocycles. The van der Waals surface area contributed by atoms with Gasteiger partial charge in [0.15, 0.2) is 0 Å².